The molecule has 0 radical (unpaired) electrons. The molecule has 47 heavy (non-hydrogen) atoms. The minimum atomic E-state index is -0.353. The van der Waals surface area contributed by atoms with Crippen molar-refractivity contribution in [3.63, 3.8) is 0 Å². The van der Waals surface area contributed by atoms with Crippen LogP contribution in [0.1, 0.15) is 0 Å². The Morgan fingerprint density at radius 2 is 1.02 bits per heavy atom. The number of aromatic nitrogens is 3. The molecule has 0 spiro atoms. The van der Waals surface area contributed by atoms with Crippen molar-refractivity contribution < 1.29 is 4.42 Å². The van der Waals surface area contributed by atoms with Crippen LogP contribution >= 0.6 is 0 Å². The molecule has 0 N–H and O–H groups in total. The van der Waals surface area contributed by atoms with E-state index in [1.807, 2.05) is 24.3 Å². The standard InChI is InChI=1S/C42H25N3O2/c46-42-35-24-40-34(23-31(35)36-25-43-20-19-41(36)47-42)33-22-27(16-18-39(33)45(40)29-11-5-2-6-12-29)26-15-17-38-32(21-26)30-13-7-8-14-37(30)44(38)28-9-3-1-4-10-28/h1-25H. The highest BCUT2D eigenvalue weighted by Crippen LogP contribution is 2.39. The third kappa shape index (κ3) is 3.77. The number of nitrogens with zero attached hydrogens (tertiary/aromatic N) is 3. The number of para-hydroxylation sites is 3. The summed E-state index contributed by atoms with van der Waals surface area (Å²) in [4.78, 5) is 17.6. The maximum absolute atomic E-state index is 13.2. The predicted octanol–water partition coefficient (Wildman–Crippen LogP) is 10.2. The maximum Gasteiger partial charge on any atom is 0.344 e. The van der Waals surface area contributed by atoms with Crippen molar-refractivity contribution >= 4 is 65.4 Å². The fourth-order valence-electron chi connectivity index (χ4n) is 7.33. The highest BCUT2D eigenvalue weighted by Gasteiger charge is 2.18. The molecule has 0 saturated heterocycles. The molecular formula is C42H25N3O2. The van der Waals surface area contributed by atoms with Crippen molar-refractivity contribution in [3.05, 3.63) is 162 Å². The molecule has 6 aromatic carbocycles. The van der Waals surface area contributed by atoms with Gasteiger partial charge in [0, 0.05) is 56.1 Å². The first-order valence-electron chi connectivity index (χ1n) is 15.7. The van der Waals surface area contributed by atoms with Crippen LogP contribution in [-0.4, -0.2) is 14.1 Å². The Morgan fingerprint density at radius 1 is 0.447 bits per heavy atom. The first-order chi connectivity index (χ1) is 23.2. The molecule has 4 aromatic heterocycles. The van der Waals surface area contributed by atoms with E-state index in [0.717, 1.165) is 55.1 Å². The van der Waals surface area contributed by atoms with Gasteiger partial charge in [-0.1, -0.05) is 66.7 Å². The predicted molar refractivity (Wildman–Crippen MR) is 192 cm³/mol. The van der Waals surface area contributed by atoms with Gasteiger partial charge in [0.15, 0.2) is 0 Å². The third-order valence-corrected chi connectivity index (χ3v) is 9.43. The maximum atomic E-state index is 13.2. The summed E-state index contributed by atoms with van der Waals surface area (Å²) in [5.41, 5.74) is 9.01. The highest BCUT2D eigenvalue weighted by atomic mass is 16.4. The van der Waals surface area contributed by atoms with Crippen molar-refractivity contribution in [2.24, 2.45) is 0 Å². The zero-order valence-electron chi connectivity index (χ0n) is 25.1. The Hall–Kier alpha value is -6.46. The molecular weight excluding hydrogens is 578 g/mol. The van der Waals surface area contributed by atoms with Crippen molar-refractivity contribution in [2.45, 2.75) is 0 Å². The number of rotatable bonds is 3. The Kier molecular flexibility index (Phi) is 5.37. The SMILES string of the molecule is O=c1oc2ccncc2c2cc3c4cc(-c5ccc6c(c5)c5ccccc5n6-c5ccccc5)ccc4n(-c4ccccc4)c3cc12. The molecule has 10 rings (SSSR count). The van der Waals surface area contributed by atoms with Gasteiger partial charge in [0.2, 0.25) is 0 Å². The number of pyridine rings is 1. The van der Waals surface area contributed by atoms with Crippen LogP contribution in [0.3, 0.4) is 0 Å². The monoisotopic (exact) mass is 603 g/mol. The lowest BCUT2D eigenvalue weighted by Gasteiger charge is -2.09. The fraction of sp³-hybridized carbons (Fsp3) is 0. The first-order valence-corrected chi connectivity index (χ1v) is 15.7. The largest absolute Gasteiger partial charge is 0.422 e. The van der Waals surface area contributed by atoms with E-state index in [0.29, 0.717) is 11.0 Å². The fourth-order valence-corrected chi connectivity index (χ4v) is 7.33. The van der Waals surface area contributed by atoms with Gasteiger partial charge in [-0.2, -0.15) is 0 Å². The molecule has 4 heterocycles. The third-order valence-electron chi connectivity index (χ3n) is 9.43. The summed E-state index contributed by atoms with van der Waals surface area (Å²) in [6.07, 6.45) is 3.42. The van der Waals surface area contributed by atoms with E-state index in [1.54, 1.807) is 18.5 Å². The summed E-state index contributed by atoms with van der Waals surface area (Å²) in [7, 11) is 0. The number of hydrogen-bond donors (Lipinski definition) is 0. The minimum absolute atomic E-state index is 0.353. The van der Waals surface area contributed by atoms with E-state index in [4.69, 9.17) is 4.42 Å². The van der Waals surface area contributed by atoms with E-state index in [9.17, 15) is 4.79 Å². The smallest absolute Gasteiger partial charge is 0.344 e. The number of fused-ring (bicyclic) bond motifs is 9. The summed E-state index contributed by atoms with van der Waals surface area (Å²) in [6.45, 7) is 0. The summed E-state index contributed by atoms with van der Waals surface area (Å²) in [6, 6.07) is 48.7. The molecule has 0 amide bonds. The van der Waals surface area contributed by atoms with Crippen molar-refractivity contribution in [3.8, 4) is 22.5 Å². The highest BCUT2D eigenvalue weighted by molar-refractivity contribution is 6.18. The van der Waals surface area contributed by atoms with Gasteiger partial charge in [-0.3, -0.25) is 4.98 Å². The van der Waals surface area contributed by atoms with Gasteiger partial charge in [0.05, 0.1) is 27.5 Å². The lowest BCUT2D eigenvalue weighted by atomic mass is 9.99. The van der Waals surface area contributed by atoms with Gasteiger partial charge in [-0.05, 0) is 83.9 Å². The van der Waals surface area contributed by atoms with Crippen LogP contribution in [0.5, 0.6) is 0 Å². The number of hydrogen-bond acceptors (Lipinski definition) is 3. The molecule has 0 saturated carbocycles. The topological polar surface area (TPSA) is 53.0 Å². The van der Waals surface area contributed by atoms with Crippen LogP contribution in [0.4, 0.5) is 0 Å². The van der Waals surface area contributed by atoms with Crippen LogP contribution in [0.15, 0.2) is 161 Å². The second-order valence-corrected chi connectivity index (χ2v) is 12.0. The minimum Gasteiger partial charge on any atom is -0.422 e. The van der Waals surface area contributed by atoms with Crippen LogP contribution in [0.2, 0.25) is 0 Å². The molecule has 0 aliphatic heterocycles. The molecule has 0 fully saturated rings. The van der Waals surface area contributed by atoms with Crippen molar-refractivity contribution in [1.82, 2.24) is 14.1 Å². The van der Waals surface area contributed by atoms with Crippen LogP contribution < -0.4 is 5.63 Å². The first kappa shape index (κ1) is 25.8. The zero-order valence-corrected chi connectivity index (χ0v) is 25.1. The normalized spacial score (nSPS) is 11.9. The lowest BCUT2D eigenvalue weighted by molar-refractivity contribution is 0.569. The Balaban J connectivity index is 1.26. The van der Waals surface area contributed by atoms with Gasteiger partial charge >= 0.3 is 5.63 Å². The average Bonchev–Trinajstić information content (AvgIpc) is 3.63. The second kappa shape index (κ2) is 9.77. The average molecular weight is 604 g/mol. The Bertz CT molecular complexity index is 2920. The van der Waals surface area contributed by atoms with E-state index in [-0.39, 0.29) is 5.63 Å². The van der Waals surface area contributed by atoms with Gasteiger partial charge < -0.3 is 13.6 Å². The van der Waals surface area contributed by atoms with Crippen LogP contribution in [-0.2, 0) is 0 Å². The molecule has 0 atom stereocenters. The van der Waals surface area contributed by atoms with Gasteiger partial charge in [0.1, 0.15) is 5.58 Å². The summed E-state index contributed by atoms with van der Waals surface area (Å²) >= 11 is 0. The quantitative estimate of drug-likeness (QED) is 0.189. The molecule has 0 bridgehead atoms. The molecule has 5 nitrogen and oxygen atoms in total. The molecule has 0 aliphatic rings. The lowest BCUT2D eigenvalue weighted by Crippen LogP contribution is -2.01. The molecule has 0 unspecified atom stereocenters. The van der Waals surface area contributed by atoms with E-state index in [1.165, 1.54) is 21.8 Å². The van der Waals surface area contributed by atoms with Gasteiger partial charge in [-0.15, -0.1) is 0 Å². The second-order valence-electron chi connectivity index (χ2n) is 12.0. The summed E-state index contributed by atoms with van der Waals surface area (Å²) < 4.78 is 10.3. The summed E-state index contributed by atoms with van der Waals surface area (Å²) in [5.74, 6) is 0. The van der Waals surface area contributed by atoms with Crippen LogP contribution in [0.25, 0.3) is 87.9 Å². The number of benzene rings is 6. The Labute approximate surface area is 268 Å². The van der Waals surface area contributed by atoms with E-state index < -0.39 is 0 Å². The molecule has 220 valence electrons. The molecule has 5 heteroatoms. The van der Waals surface area contributed by atoms with Crippen molar-refractivity contribution in [2.75, 3.05) is 0 Å². The molecule has 0 aliphatic carbocycles. The molecule has 10 aromatic rings. The Morgan fingerprint density at radius 3 is 1.72 bits per heavy atom. The van der Waals surface area contributed by atoms with E-state index >= 15 is 0 Å². The zero-order chi connectivity index (χ0) is 31.1. The van der Waals surface area contributed by atoms with Crippen LogP contribution in [0, 0.1) is 0 Å². The van der Waals surface area contributed by atoms with Gasteiger partial charge in [0.25, 0.3) is 0 Å². The van der Waals surface area contributed by atoms with Gasteiger partial charge in [-0.25, -0.2) is 4.79 Å². The summed E-state index contributed by atoms with van der Waals surface area (Å²) in [5, 5.41) is 6.81. The van der Waals surface area contributed by atoms with Crippen molar-refractivity contribution in [1.29, 1.82) is 0 Å². The van der Waals surface area contributed by atoms with E-state index in [2.05, 4.69) is 123 Å².